The summed E-state index contributed by atoms with van der Waals surface area (Å²) in [5.74, 6) is 1.29. The smallest absolute Gasteiger partial charge is 0.176 e. The topological polar surface area (TPSA) is 49.6 Å². The van der Waals surface area contributed by atoms with Crippen molar-refractivity contribution in [2.24, 2.45) is 0 Å². The summed E-state index contributed by atoms with van der Waals surface area (Å²) in [5, 5.41) is 19.4. The van der Waals surface area contributed by atoms with Crippen LogP contribution in [0.15, 0.2) is 51.1 Å². The standard InChI is InChI=1S/C15H11N3S3/c16-8-9-19-14-17-18-15(21-14)20-10-12-6-3-5-11-4-1-2-7-13(11)12/h1-7H,9-10H2. The molecule has 1 heterocycles. The van der Waals surface area contributed by atoms with Crippen molar-refractivity contribution < 1.29 is 0 Å². The van der Waals surface area contributed by atoms with E-state index in [1.807, 2.05) is 0 Å². The fourth-order valence-corrected chi connectivity index (χ4v) is 4.65. The second kappa shape index (κ2) is 6.94. The van der Waals surface area contributed by atoms with E-state index >= 15 is 0 Å². The lowest BCUT2D eigenvalue weighted by Crippen LogP contribution is -1.83. The van der Waals surface area contributed by atoms with E-state index < -0.39 is 0 Å². The van der Waals surface area contributed by atoms with Gasteiger partial charge in [0.2, 0.25) is 0 Å². The molecule has 6 heteroatoms. The molecule has 2 aromatic carbocycles. The molecule has 1 aromatic heterocycles. The molecular weight excluding hydrogens is 318 g/mol. The zero-order chi connectivity index (χ0) is 14.5. The first-order valence-corrected chi connectivity index (χ1v) is 9.08. The lowest BCUT2D eigenvalue weighted by atomic mass is 10.1. The van der Waals surface area contributed by atoms with Gasteiger partial charge in [-0.3, -0.25) is 0 Å². The number of nitrogens with zero attached hydrogens (tertiary/aromatic N) is 3. The molecule has 0 N–H and O–H groups in total. The average Bonchev–Trinajstić information content (AvgIpc) is 2.99. The molecule has 3 aromatic rings. The summed E-state index contributed by atoms with van der Waals surface area (Å²) < 4.78 is 1.81. The summed E-state index contributed by atoms with van der Waals surface area (Å²) in [7, 11) is 0. The minimum absolute atomic E-state index is 0.419. The quantitative estimate of drug-likeness (QED) is 0.640. The van der Waals surface area contributed by atoms with Crippen molar-refractivity contribution in [3.63, 3.8) is 0 Å². The van der Waals surface area contributed by atoms with Gasteiger partial charge < -0.3 is 0 Å². The van der Waals surface area contributed by atoms with Gasteiger partial charge in [-0.05, 0) is 16.3 Å². The van der Waals surface area contributed by atoms with Crippen LogP contribution in [-0.2, 0) is 5.75 Å². The second-order valence-corrected chi connectivity index (χ2v) is 7.63. The first-order valence-electron chi connectivity index (χ1n) is 6.29. The van der Waals surface area contributed by atoms with Crippen molar-refractivity contribution in [2.75, 3.05) is 5.75 Å². The number of fused-ring (bicyclic) bond motifs is 1. The maximum absolute atomic E-state index is 8.57. The van der Waals surface area contributed by atoms with E-state index in [-0.39, 0.29) is 0 Å². The fraction of sp³-hybridized carbons (Fsp3) is 0.133. The van der Waals surface area contributed by atoms with E-state index in [9.17, 15) is 0 Å². The Kier molecular flexibility index (Phi) is 4.76. The summed E-state index contributed by atoms with van der Waals surface area (Å²) in [4.78, 5) is 0. The Balaban J connectivity index is 1.72. The SMILES string of the molecule is N#CCSc1nnc(SCc2cccc3ccccc23)s1. The van der Waals surface area contributed by atoms with Gasteiger partial charge in [0.05, 0.1) is 11.8 Å². The van der Waals surface area contributed by atoms with E-state index in [2.05, 4.69) is 58.7 Å². The van der Waals surface area contributed by atoms with Gasteiger partial charge in [0.1, 0.15) is 0 Å². The predicted octanol–water partition coefficient (Wildman–Crippen LogP) is 4.60. The van der Waals surface area contributed by atoms with Crippen LogP contribution in [0.2, 0.25) is 0 Å². The largest absolute Gasteiger partial charge is 0.197 e. The monoisotopic (exact) mass is 329 g/mol. The van der Waals surface area contributed by atoms with Crippen LogP contribution in [0, 0.1) is 11.3 Å². The third-order valence-electron chi connectivity index (χ3n) is 2.88. The molecule has 0 fully saturated rings. The number of benzene rings is 2. The van der Waals surface area contributed by atoms with E-state index in [4.69, 9.17) is 5.26 Å². The predicted molar refractivity (Wildman–Crippen MR) is 89.8 cm³/mol. The molecule has 0 aliphatic rings. The summed E-state index contributed by atoms with van der Waals surface area (Å²) in [6.07, 6.45) is 0. The van der Waals surface area contributed by atoms with E-state index in [0.717, 1.165) is 14.4 Å². The van der Waals surface area contributed by atoms with Crippen LogP contribution < -0.4 is 0 Å². The molecular formula is C15H11N3S3. The van der Waals surface area contributed by atoms with Crippen LogP contribution in [0.25, 0.3) is 10.8 Å². The van der Waals surface area contributed by atoms with Crippen LogP contribution in [0.4, 0.5) is 0 Å². The molecule has 0 saturated carbocycles. The first kappa shape index (κ1) is 14.4. The number of nitriles is 1. The van der Waals surface area contributed by atoms with Gasteiger partial charge in [-0.1, -0.05) is 77.3 Å². The molecule has 0 radical (unpaired) electrons. The van der Waals surface area contributed by atoms with Gasteiger partial charge in [-0.2, -0.15) is 5.26 Å². The normalized spacial score (nSPS) is 10.6. The average molecular weight is 329 g/mol. The maximum Gasteiger partial charge on any atom is 0.176 e. The van der Waals surface area contributed by atoms with Gasteiger partial charge in [-0.25, -0.2) is 0 Å². The van der Waals surface area contributed by atoms with Gasteiger partial charge >= 0.3 is 0 Å². The van der Waals surface area contributed by atoms with E-state index in [0.29, 0.717) is 5.75 Å². The van der Waals surface area contributed by atoms with Crippen LogP contribution in [0.3, 0.4) is 0 Å². The van der Waals surface area contributed by atoms with Crippen molar-refractivity contribution in [3.8, 4) is 6.07 Å². The van der Waals surface area contributed by atoms with Gasteiger partial charge in [-0.15, -0.1) is 10.2 Å². The summed E-state index contributed by atoms with van der Waals surface area (Å²) in [5.41, 5.74) is 1.31. The number of hydrogen-bond acceptors (Lipinski definition) is 6. The van der Waals surface area contributed by atoms with E-state index in [1.54, 1.807) is 23.1 Å². The molecule has 0 amide bonds. The van der Waals surface area contributed by atoms with Crippen LogP contribution in [0.1, 0.15) is 5.56 Å². The Hall–Kier alpha value is -1.55. The molecule has 104 valence electrons. The molecule has 21 heavy (non-hydrogen) atoms. The van der Waals surface area contributed by atoms with Crippen molar-refractivity contribution in [2.45, 2.75) is 14.4 Å². The highest BCUT2D eigenvalue weighted by atomic mass is 32.2. The Morgan fingerprint density at radius 3 is 2.62 bits per heavy atom. The van der Waals surface area contributed by atoms with Gasteiger partial charge in [0.25, 0.3) is 0 Å². The Bertz CT molecular complexity index is 787. The molecule has 3 rings (SSSR count). The highest BCUT2D eigenvalue weighted by molar-refractivity contribution is 8.03. The van der Waals surface area contributed by atoms with Gasteiger partial charge in [0, 0.05) is 5.75 Å². The lowest BCUT2D eigenvalue weighted by molar-refractivity contribution is 0.955. The zero-order valence-electron chi connectivity index (χ0n) is 11.0. The minimum atomic E-state index is 0.419. The van der Waals surface area contributed by atoms with Crippen molar-refractivity contribution in [3.05, 3.63) is 48.0 Å². The molecule has 0 aliphatic carbocycles. The maximum atomic E-state index is 8.57. The molecule has 0 aliphatic heterocycles. The van der Waals surface area contributed by atoms with Crippen molar-refractivity contribution in [1.82, 2.24) is 10.2 Å². The third-order valence-corrected chi connectivity index (χ3v) is 5.98. The molecule has 0 unspecified atom stereocenters. The van der Waals surface area contributed by atoms with E-state index in [1.165, 1.54) is 28.1 Å². The lowest BCUT2D eigenvalue weighted by Gasteiger charge is -2.04. The number of aromatic nitrogens is 2. The Morgan fingerprint density at radius 2 is 1.76 bits per heavy atom. The fourth-order valence-electron chi connectivity index (χ4n) is 1.97. The molecule has 0 spiro atoms. The summed E-state index contributed by atoms with van der Waals surface area (Å²) in [6.45, 7) is 0. The Morgan fingerprint density at radius 1 is 1.00 bits per heavy atom. The summed E-state index contributed by atoms with van der Waals surface area (Å²) in [6, 6.07) is 16.9. The molecule has 0 atom stereocenters. The van der Waals surface area contributed by atoms with Crippen LogP contribution >= 0.6 is 34.9 Å². The second-order valence-electron chi connectivity index (χ2n) is 4.21. The Labute approximate surface area is 135 Å². The number of rotatable bonds is 5. The van der Waals surface area contributed by atoms with Crippen LogP contribution in [0.5, 0.6) is 0 Å². The van der Waals surface area contributed by atoms with Gasteiger partial charge in [0.15, 0.2) is 8.68 Å². The molecule has 3 nitrogen and oxygen atoms in total. The summed E-state index contributed by atoms with van der Waals surface area (Å²) >= 11 is 4.68. The highest BCUT2D eigenvalue weighted by Gasteiger charge is 2.07. The minimum Gasteiger partial charge on any atom is -0.197 e. The number of thioether (sulfide) groups is 2. The van der Waals surface area contributed by atoms with Crippen LogP contribution in [-0.4, -0.2) is 16.0 Å². The highest BCUT2D eigenvalue weighted by Crippen LogP contribution is 2.32. The molecule has 0 saturated heterocycles. The molecule has 0 bridgehead atoms. The van der Waals surface area contributed by atoms with Crippen molar-refractivity contribution in [1.29, 1.82) is 5.26 Å². The first-order chi connectivity index (χ1) is 10.4. The third kappa shape index (κ3) is 3.56. The number of hydrogen-bond donors (Lipinski definition) is 0. The zero-order valence-corrected chi connectivity index (χ0v) is 13.5. The van der Waals surface area contributed by atoms with Crippen molar-refractivity contribution >= 4 is 45.6 Å².